The first-order chi connectivity index (χ1) is 14.2. The highest BCUT2D eigenvalue weighted by atomic mass is 16.6. The van der Waals surface area contributed by atoms with E-state index < -0.39 is 0 Å². The van der Waals surface area contributed by atoms with Crippen molar-refractivity contribution in [1.82, 2.24) is 0 Å². The van der Waals surface area contributed by atoms with Gasteiger partial charge in [-0.2, -0.15) is 0 Å². The van der Waals surface area contributed by atoms with E-state index in [2.05, 4.69) is 17.0 Å². The van der Waals surface area contributed by atoms with Crippen molar-refractivity contribution in [2.75, 3.05) is 49.2 Å². The van der Waals surface area contributed by atoms with Crippen LogP contribution in [0.25, 0.3) is 0 Å². The van der Waals surface area contributed by atoms with Crippen LogP contribution >= 0.6 is 0 Å². The van der Waals surface area contributed by atoms with E-state index in [0.717, 1.165) is 26.2 Å². The molecule has 3 heterocycles. The van der Waals surface area contributed by atoms with Crippen molar-refractivity contribution < 1.29 is 24.0 Å². The average molecular weight is 394 g/mol. The van der Waals surface area contributed by atoms with Gasteiger partial charge in [0.2, 0.25) is 5.91 Å². The van der Waals surface area contributed by atoms with E-state index >= 15 is 0 Å². The number of piperazine rings is 1. The third-order valence-corrected chi connectivity index (χ3v) is 5.95. The summed E-state index contributed by atoms with van der Waals surface area (Å²) in [6, 6.07) is 15.3. The Morgan fingerprint density at radius 1 is 0.862 bits per heavy atom. The largest absolute Gasteiger partial charge is 0.486 e. The molecule has 3 aliphatic heterocycles. The summed E-state index contributed by atoms with van der Waals surface area (Å²) in [5, 5.41) is 0. The van der Waals surface area contributed by atoms with Crippen LogP contribution in [0.5, 0.6) is 11.5 Å². The number of ether oxygens (including phenoxy) is 2. The predicted molar refractivity (Wildman–Crippen MR) is 108 cm³/mol. The molecule has 0 radical (unpaired) electrons. The van der Waals surface area contributed by atoms with Gasteiger partial charge in [0.05, 0.1) is 38.3 Å². The van der Waals surface area contributed by atoms with E-state index in [4.69, 9.17) is 9.47 Å². The minimum atomic E-state index is -0.311. The van der Waals surface area contributed by atoms with Gasteiger partial charge in [-0.05, 0) is 24.3 Å². The summed E-state index contributed by atoms with van der Waals surface area (Å²) in [5.41, 5.74) is 1.77. The lowest BCUT2D eigenvalue weighted by molar-refractivity contribution is -0.915. The first-order valence-electron chi connectivity index (χ1n) is 10.1. The number of carbonyl (C=O) groups excluding carboxylic acids is 2. The Kier molecular flexibility index (Phi) is 4.60. The molecule has 7 heteroatoms. The molecule has 3 aliphatic rings. The monoisotopic (exact) mass is 394 g/mol. The van der Waals surface area contributed by atoms with Crippen LogP contribution in [0.4, 0.5) is 11.4 Å². The molecule has 2 aromatic rings. The quantitative estimate of drug-likeness (QED) is 0.768. The van der Waals surface area contributed by atoms with Gasteiger partial charge in [-0.25, -0.2) is 4.90 Å². The van der Waals surface area contributed by atoms with E-state index in [1.54, 1.807) is 18.2 Å². The van der Waals surface area contributed by atoms with Crippen LogP contribution in [-0.2, 0) is 9.59 Å². The number of nitrogens with one attached hydrogen (secondary N) is 1. The number of amides is 2. The third-order valence-electron chi connectivity index (χ3n) is 5.95. The molecule has 2 aromatic carbocycles. The highest BCUT2D eigenvalue weighted by Gasteiger charge is 2.46. The Labute approximate surface area is 169 Å². The predicted octanol–water partition coefficient (Wildman–Crippen LogP) is 0.495. The number of quaternary nitrogens is 1. The summed E-state index contributed by atoms with van der Waals surface area (Å²) >= 11 is 0. The number of carbonyl (C=O) groups is 2. The number of rotatable bonds is 3. The first kappa shape index (κ1) is 18.0. The number of nitrogens with zero attached hydrogens (tertiary/aromatic N) is 2. The fourth-order valence-electron chi connectivity index (χ4n) is 4.43. The van der Waals surface area contributed by atoms with Crippen molar-refractivity contribution in [2.45, 2.75) is 12.5 Å². The maximum absolute atomic E-state index is 13.1. The molecule has 2 amide bonds. The van der Waals surface area contributed by atoms with E-state index in [0.29, 0.717) is 30.4 Å². The van der Waals surface area contributed by atoms with Crippen molar-refractivity contribution >= 4 is 23.2 Å². The Balaban J connectivity index is 1.29. The lowest BCUT2D eigenvalue weighted by Crippen LogP contribution is -3.19. The van der Waals surface area contributed by atoms with Gasteiger partial charge >= 0.3 is 0 Å². The van der Waals surface area contributed by atoms with Crippen molar-refractivity contribution in [3.8, 4) is 11.5 Å². The van der Waals surface area contributed by atoms with Gasteiger partial charge < -0.3 is 19.3 Å². The second kappa shape index (κ2) is 7.40. The summed E-state index contributed by atoms with van der Waals surface area (Å²) in [5.74, 6) is 0.976. The molecular weight excluding hydrogens is 370 g/mol. The Hall–Kier alpha value is -3.06. The summed E-state index contributed by atoms with van der Waals surface area (Å²) in [4.78, 5) is 30.7. The molecule has 2 fully saturated rings. The van der Waals surface area contributed by atoms with Crippen LogP contribution < -0.4 is 24.2 Å². The highest BCUT2D eigenvalue weighted by Crippen LogP contribution is 2.35. The van der Waals surface area contributed by atoms with Gasteiger partial charge in [-0.3, -0.25) is 9.59 Å². The molecule has 2 saturated heterocycles. The standard InChI is InChI=1S/C22H23N3O4/c26-21-15-18(24-10-8-23(9-11-24)16-4-2-1-3-5-16)22(27)25(21)17-6-7-19-20(14-17)29-13-12-28-19/h1-7,14,18H,8-13,15H2/p+1/t18-/m0/s1. The van der Waals surface area contributed by atoms with Gasteiger partial charge in [-0.15, -0.1) is 0 Å². The Morgan fingerprint density at radius 2 is 1.59 bits per heavy atom. The fourth-order valence-corrected chi connectivity index (χ4v) is 4.43. The second-order valence-corrected chi connectivity index (χ2v) is 7.63. The minimum Gasteiger partial charge on any atom is -0.486 e. The summed E-state index contributed by atoms with van der Waals surface area (Å²) in [6.45, 7) is 4.41. The number of imide groups is 1. The number of hydrogen-bond acceptors (Lipinski definition) is 5. The van der Waals surface area contributed by atoms with E-state index in [9.17, 15) is 9.59 Å². The number of anilines is 2. The molecule has 7 nitrogen and oxygen atoms in total. The number of benzene rings is 2. The first-order valence-corrected chi connectivity index (χ1v) is 10.1. The molecule has 0 spiro atoms. The number of para-hydroxylation sites is 1. The zero-order chi connectivity index (χ0) is 19.8. The molecule has 0 aliphatic carbocycles. The van der Waals surface area contributed by atoms with Gasteiger partial charge in [0.15, 0.2) is 17.5 Å². The minimum absolute atomic E-state index is 0.116. The third kappa shape index (κ3) is 3.31. The normalized spacial score (nSPS) is 22.3. The van der Waals surface area contributed by atoms with Crippen LogP contribution in [0.3, 0.4) is 0 Å². The number of hydrogen-bond donors (Lipinski definition) is 1. The molecule has 1 N–H and O–H groups in total. The van der Waals surface area contributed by atoms with Gasteiger partial charge in [0.25, 0.3) is 5.91 Å². The van der Waals surface area contributed by atoms with Crippen LogP contribution in [0.1, 0.15) is 6.42 Å². The highest BCUT2D eigenvalue weighted by molar-refractivity contribution is 6.22. The van der Waals surface area contributed by atoms with Crippen molar-refractivity contribution in [1.29, 1.82) is 0 Å². The zero-order valence-corrected chi connectivity index (χ0v) is 16.2. The molecule has 29 heavy (non-hydrogen) atoms. The summed E-state index contributed by atoms with van der Waals surface area (Å²) in [6.07, 6.45) is 0.258. The Bertz CT molecular complexity index is 925. The second-order valence-electron chi connectivity index (χ2n) is 7.63. The molecule has 0 unspecified atom stereocenters. The Morgan fingerprint density at radius 3 is 2.34 bits per heavy atom. The molecule has 0 bridgehead atoms. The average Bonchev–Trinajstić information content (AvgIpc) is 3.08. The lowest BCUT2D eigenvalue weighted by Gasteiger charge is -2.35. The molecule has 1 atom stereocenters. The van der Waals surface area contributed by atoms with Crippen molar-refractivity contribution in [3.05, 3.63) is 48.5 Å². The van der Waals surface area contributed by atoms with E-state index in [1.165, 1.54) is 15.5 Å². The molecule has 5 rings (SSSR count). The summed E-state index contributed by atoms with van der Waals surface area (Å²) in [7, 11) is 0. The van der Waals surface area contributed by atoms with Gasteiger partial charge in [0, 0.05) is 11.8 Å². The van der Waals surface area contributed by atoms with Crippen molar-refractivity contribution in [2.24, 2.45) is 0 Å². The topological polar surface area (TPSA) is 63.5 Å². The fraction of sp³-hybridized carbons (Fsp3) is 0.364. The van der Waals surface area contributed by atoms with Gasteiger partial charge in [0.1, 0.15) is 13.2 Å². The zero-order valence-electron chi connectivity index (χ0n) is 16.2. The van der Waals surface area contributed by atoms with Gasteiger partial charge in [-0.1, -0.05) is 18.2 Å². The summed E-state index contributed by atoms with van der Waals surface area (Å²) < 4.78 is 11.1. The number of fused-ring (bicyclic) bond motifs is 1. The van der Waals surface area contributed by atoms with E-state index in [1.807, 2.05) is 18.2 Å². The SMILES string of the molecule is O=C1C[C@H]([NH+]2CCN(c3ccccc3)CC2)C(=O)N1c1ccc2c(c1)OCCO2. The van der Waals surface area contributed by atoms with Crippen LogP contribution in [0, 0.1) is 0 Å². The molecule has 0 saturated carbocycles. The van der Waals surface area contributed by atoms with Crippen LogP contribution in [0.15, 0.2) is 48.5 Å². The smallest absolute Gasteiger partial charge is 0.292 e. The molecule has 0 aromatic heterocycles. The van der Waals surface area contributed by atoms with Crippen LogP contribution in [0.2, 0.25) is 0 Å². The van der Waals surface area contributed by atoms with Crippen LogP contribution in [-0.4, -0.2) is 57.2 Å². The van der Waals surface area contributed by atoms with E-state index in [-0.39, 0.29) is 24.3 Å². The maximum Gasteiger partial charge on any atom is 0.292 e. The molecule has 150 valence electrons. The lowest BCUT2D eigenvalue weighted by atomic mass is 10.1. The molecular formula is C22H24N3O4+. The maximum atomic E-state index is 13.1. The van der Waals surface area contributed by atoms with Crippen molar-refractivity contribution in [3.63, 3.8) is 0 Å².